The molecular weight excluding hydrogens is 248 g/mol. The summed E-state index contributed by atoms with van der Waals surface area (Å²) in [5.74, 6) is 0.749. The van der Waals surface area contributed by atoms with Crippen molar-refractivity contribution in [3.8, 4) is 11.5 Å². The van der Waals surface area contributed by atoms with E-state index >= 15 is 0 Å². The lowest BCUT2D eigenvalue weighted by molar-refractivity contribution is -0.385. The van der Waals surface area contributed by atoms with E-state index in [2.05, 4.69) is 5.32 Å². The Hall–Kier alpha value is -1.82. The third kappa shape index (κ3) is 1.83. The van der Waals surface area contributed by atoms with Crippen LogP contribution in [-0.2, 0) is 5.41 Å². The normalized spacial score (nSPS) is 19.0. The van der Waals surface area contributed by atoms with Crippen LogP contribution in [0.5, 0.6) is 11.5 Å². The average molecular weight is 264 g/mol. The Morgan fingerprint density at radius 2 is 2.21 bits per heavy atom. The van der Waals surface area contributed by atoms with Gasteiger partial charge in [0.1, 0.15) is 0 Å². The predicted octanol–water partition coefficient (Wildman–Crippen LogP) is 1.96. The fourth-order valence-electron chi connectivity index (χ4n) is 2.94. The van der Waals surface area contributed by atoms with Crippen molar-refractivity contribution in [1.29, 1.82) is 0 Å². The van der Waals surface area contributed by atoms with Crippen molar-refractivity contribution >= 4 is 5.69 Å². The van der Waals surface area contributed by atoms with Crippen molar-refractivity contribution in [3.63, 3.8) is 0 Å². The van der Waals surface area contributed by atoms with Gasteiger partial charge in [0.2, 0.25) is 12.5 Å². The minimum atomic E-state index is -0.400. The Morgan fingerprint density at radius 1 is 1.42 bits per heavy atom. The molecule has 1 aromatic rings. The molecule has 19 heavy (non-hydrogen) atoms. The molecule has 1 aliphatic heterocycles. The summed E-state index contributed by atoms with van der Waals surface area (Å²) in [6, 6.07) is 3.54. The van der Waals surface area contributed by atoms with Crippen molar-refractivity contribution in [1.82, 2.24) is 5.32 Å². The van der Waals surface area contributed by atoms with Crippen molar-refractivity contribution in [2.75, 3.05) is 20.4 Å². The molecule has 1 fully saturated rings. The average Bonchev–Trinajstić information content (AvgIpc) is 2.80. The molecule has 6 nitrogen and oxygen atoms in total. The Morgan fingerprint density at radius 3 is 2.79 bits per heavy atom. The molecule has 102 valence electrons. The third-order valence-electron chi connectivity index (χ3n) is 4.09. The van der Waals surface area contributed by atoms with Gasteiger partial charge in [-0.1, -0.05) is 6.42 Å². The summed E-state index contributed by atoms with van der Waals surface area (Å²) < 4.78 is 10.5. The zero-order chi connectivity index (χ0) is 13.5. The molecule has 1 heterocycles. The Balaban J connectivity index is 2.07. The van der Waals surface area contributed by atoms with Crippen LogP contribution in [-0.4, -0.2) is 25.3 Å². The van der Waals surface area contributed by atoms with Crippen LogP contribution in [0.1, 0.15) is 24.8 Å². The summed E-state index contributed by atoms with van der Waals surface area (Å²) in [6.07, 6.45) is 3.25. The predicted molar refractivity (Wildman–Crippen MR) is 68.7 cm³/mol. The summed E-state index contributed by atoms with van der Waals surface area (Å²) in [7, 11) is 1.90. The van der Waals surface area contributed by atoms with E-state index in [1.807, 2.05) is 13.1 Å². The first-order chi connectivity index (χ1) is 9.16. The molecule has 0 aromatic heterocycles. The topological polar surface area (TPSA) is 73.6 Å². The van der Waals surface area contributed by atoms with Crippen LogP contribution < -0.4 is 14.8 Å². The Bertz CT molecular complexity index is 526. The van der Waals surface area contributed by atoms with Gasteiger partial charge in [0.15, 0.2) is 5.75 Å². The number of nitro groups is 1. The molecular formula is C13H16N2O4. The monoisotopic (exact) mass is 264 g/mol. The van der Waals surface area contributed by atoms with Crippen LogP contribution in [0.25, 0.3) is 0 Å². The number of hydrogen-bond acceptors (Lipinski definition) is 5. The minimum Gasteiger partial charge on any atom is -0.453 e. The molecule has 2 aliphatic rings. The van der Waals surface area contributed by atoms with E-state index in [0.717, 1.165) is 31.4 Å². The highest BCUT2D eigenvalue weighted by atomic mass is 16.7. The van der Waals surface area contributed by atoms with E-state index in [1.54, 1.807) is 6.07 Å². The van der Waals surface area contributed by atoms with Crippen molar-refractivity contribution in [3.05, 3.63) is 27.8 Å². The molecule has 6 heteroatoms. The van der Waals surface area contributed by atoms with Gasteiger partial charge in [0.25, 0.3) is 0 Å². The molecule has 0 atom stereocenters. The first kappa shape index (κ1) is 12.2. The lowest BCUT2D eigenvalue weighted by atomic mass is 9.64. The van der Waals surface area contributed by atoms with E-state index < -0.39 is 4.92 Å². The summed E-state index contributed by atoms with van der Waals surface area (Å²) >= 11 is 0. The summed E-state index contributed by atoms with van der Waals surface area (Å²) in [5, 5.41) is 14.3. The van der Waals surface area contributed by atoms with Crippen molar-refractivity contribution < 1.29 is 14.4 Å². The van der Waals surface area contributed by atoms with Crippen molar-refractivity contribution in [2.45, 2.75) is 24.7 Å². The maximum Gasteiger partial charge on any atom is 0.315 e. The molecule has 0 unspecified atom stereocenters. The molecule has 0 amide bonds. The summed E-state index contributed by atoms with van der Waals surface area (Å²) in [6.45, 7) is 0.877. The van der Waals surface area contributed by atoms with E-state index in [9.17, 15) is 10.1 Å². The van der Waals surface area contributed by atoms with E-state index in [4.69, 9.17) is 9.47 Å². The van der Waals surface area contributed by atoms with E-state index in [0.29, 0.717) is 5.75 Å². The zero-order valence-corrected chi connectivity index (χ0v) is 10.8. The van der Waals surface area contributed by atoms with Gasteiger partial charge < -0.3 is 14.8 Å². The molecule has 0 saturated heterocycles. The number of rotatable bonds is 4. The number of hydrogen-bond donors (Lipinski definition) is 1. The highest BCUT2D eigenvalue weighted by molar-refractivity contribution is 5.60. The van der Waals surface area contributed by atoms with Crippen molar-refractivity contribution in [2.24, 2.45) is 0 Å². The number of nitrogens with zero attached hydrogens (tertiary/aromatic N) is 1. The molecule has 1 N–H and O–H groups in total. The highest BCUT2D eigenvalue weighted by Crippen LogP contribution is 2.49. The minimum absolute atomic E-state index is 0.000486. The molecule has 1 saturated carbocycles. The standard InChI is InChI=1S/C13H16N2O4/c1-14-7-13(3-2-4-13)9-5-10(15(16)17)12-11(6-9)18-8-19-12/h5-6,14H,2-4,7-8H2,1H3. The fraction of sp³-hybridized carbons (Fsp3) is 0.538. The van der Waals surface area contributed by atoms with E-state index in [1.165, 1.54) is 0 Å². The van der Waals surface area contributed by atoms with Gasteiger partial charge in [0.05, 0.1) is 4.92 Å². The van der Waals surface area contributed by atoms with Gasteiger partial charge in [-0.3, -0.25) is 10.1 Å². The molecule has 1 aromatic carbocycles. The first-order valence-electron chi connectivity index (χ1n) is 6.39. The Kier molecular flexibility index (Phi) is 2.82. The number of ether oxygens (including phenoxy) is 2. The quantitative estimate of drug-likeness (QED) is 0.664. The van der Waals surface area contributed by atoms with Gasteiger partial charge in [-0.25, -0.2) is 0 Å². The van der Waals surface area contributed by atoms with Crippen LogP contribution in [0.3, 0.4) is 0 Å². The summed E-state index contributed by atoms with van der Waals surface area (Å²) in [5.41, 5.74) is 0.983. The molecule has 0 radical (unpaired) electrons. The fourth-order valence-corrected chi connectivity index (χ4v) is 2.94. The van der Waals surface area contributed by atoms with E-state index in [-0.39, 0.29) is 23.6 Å². The smallest absolute Gasteiger partial charge is 0.315 e. The number of fused-ring (bicyclic) bond motifs is 1. The van der Waals surface area contributed by atoms with Crippen LogP contribution >= 0.6 is 0 Å². The largest absolute Gasteiger partial charge is 0.453 e. The van der Waals surface area contributed by atoms with Gasteiger partial charge in [-0.2, -0.15) is 0 Å². The maximum atomic E-state index is 11.2. The van der Waals surface area contributed by atoms with Crippen LogP contribution in [0.4, 0.5) is 5.69 Å². The first-order valence-corrected chi connectivity index (χ1v) is 6.39. The summed E-state index contributed by atoms with van der Waals surface area (Å²) in [4.78, 5) is 10.8. The Labute approximate surface area is 110 Å². The number of benzene rings is 1. The zero-order valence-electron chi connectivity index (χ0n) is 10.8. The second kappa shape index (κ2) is 4.38. The number of likely N-dealkylation sites (N-methyl/N-ethyl adjacent to an activating group) is 1. The van der Waals surface area contributed by atoms with Crippen LogP contribution in [0.2, 0.25) is 0 Å². The number of nitrogens with one attached hydrogen (secondary N) is 1. The molecule has 1 aliphatic carbocycles. The number of nitro benzene ring substituents is 1. The SMILES string of the molecule is CNCC1(c2cc3c(c([N+](=O)[O-])c2)OCO3)CCC1. The molecule has 0 bridgehead atoms. The third-order valence-corrected chi connectivity index (χ3v) is 4.09. The van der Waals surface area contributed by atoms with Gasteiger partial charge in [-0.05, 0) is 31.5 Å². The lowest BCUT2D eigenvalue weighted by Crippen LogP contribution is -2.42. The maximum absolute atomic E-state index is 11.2. The van der Waals surface area contributed by atoms with Gasteiger partial charge in [-0.15, -0.1) is 0 Å². The second-order valence-corrected chi connectivity index (χ2v) is 5.15. The van der Waals surface area contributed by atoms with Gasteiger partial charge in [0, 0.05) is 18.0 Å². The highest BCUT2D eigenvalue weighted by Gasteiger charge is 2.41. The van der Waals surface area contributed by atoms with Crippen LogP contribution in [0.15, 0.2) is 12.1 Å². The lowest BCUT2D eigenvalue weighted by Gasteiger charge is -2.42. The van der Waals surface area contributed by atoms with Crippen LogP contribution in [0, 0.1) is 10.1 Å². The molecule has 0 spiro atoms. The molecule has 3 rings (SSSR count). The van der Waals surface area contributed by atoms with Gasteiger partial charge >= 0.3 is 5.69 Å². The second-order valence-electron chi connectivity index (χ2n) is 5.15.